The van der Waals surface area contributed by atoms with Gasteiger partial charge in [-0.2, -0.15) is 0 Å². The summed E-state index contributed by atoms with van der Waals surface area (Å²) in [4.78, 5) is 30.8. The minimum Gasteiger partial charge on any atom is -0.332 e. The Morgan fingerprint density at radius 1 is 1.38 bits per heavy atom. The second kappa shape index (κ2) is 6.51. The predicted molar refractivity (Wildman–Crippen MR) is 92.1 cm³/mol. The van der Waals surface area contributed by atoms with Crippen LogP contribution in [0.3, 0.4) is 0 Å². The maximum absolute atomic E-state index is 12.6. The Balaban J connectivity index is 1.76. The first kappa shape index (κ1) is 16.3. The van der Waals surface area contributed by atoms with Crippen molar-refractivity contribution >= 4 is 11.7 Å². The van der Waals surface area contributed by atoms with Crippen LogP contribution in [0, 0.1) is 12.8 Å². The number of imidazole rings is 1. The fourth-order valence-corrected chi connectivity index (χ4v) is 3.14. The summed E-state index contributed by atoms with van der Waals surface area (Å²) < 4.78 is 3.52. The number of rotatable bonds is 2. The Bertz CT molecular complexity index is 781. The van der Waals surface area contributed by atoms with E-state index in [0.717, 1.165) is 12.0 Å². The van der Waals surface area contributed by atoms with E-state index in [0.29, 0.717) is 24.7 Å². The van der Waals surface area contributed by atoms with Crippen LogP contribution in [0.15, 0.2) is 35.8 Å². The minimum atomic E-state index is -0.224. The van der Waals surface area contributed by atoms with Gasteiger partial charge in [0.1, 0.15) is 5.69 Å². The highest BCUT2D eigenvalue weighted by atomic mass is 16.2. The van der Waals surface area contributed by atoms with E-state index in [4.69, 9.17) is 0 Å². The van der Waals surface area contributed by atoms with Crippen molar-refractivity contribution < 1.29 is 4.79 Å². The summed E-state index contributed by atoms with van der Waals surface area (Å²) in [5, 5.41) is 2.80. The molecule has 1 saturated heterocycles. The largest absolute Gasteiger partial charge is 0.332 e. The SMILES string of the molecule is Cc1ccn(C)c(=O)c1NC(=O)N1CC[C@@H](C)[C@H](n2ccnc2)C1. The van der Waals surface area contributed by atoms with Gasteiger partial charge in [-0.25, -0.2) is 9.78 Å². The average molecular weight is 329 g/mol. The fourth-order valence-electron chi connectivity index (χ4n) is 3.14. The molecule has 1 N–H and O–H groups in total. The monoisotopic (exact) mass is 329 g/mol. The lowest BCUT2D eigenvalue weighted by atomic mass is 9.93. The van der Waals surface area contributed by atoms with Gasteiger partial charge in [0.2, 0.25) is 0 Å². The van der Waals surface area contributed by atoms with Gasteiger partial charge < -0.3 is 19.4 Å². The molecule has 0 radical (unpaired) electrons. The van der Waals surface area contributed by atoms with E-state index in [1.54, 1.807) is 30.7 Å². The minimum absolute atomic E-state index is 0.195. The van der Waals surface area contributed by atoms with E-state index in [-0.39, 0.29) is 17.6 Å². The number of hydrogen-bond acceptors (Lipinski definition) is 3. The van der Waals surface area contributed by atoms with Crippen LogP contribution in [-0.2, 0) is 7.05 Å². The van der Waals surface area contributed by atoms with Crippen LogP contribution < -0.4 is 10.9 Å². The van der Waals surface area contributed by atoms with Gasteiger partial charge in [-0.15, -0.1) is 0 Å². The van der Waals surface area contributed by atoms with Gasteiger partial charge in [-0.3, -0.25) is 4.79 Å². The fraction of sp³-hybridized carbons (Fsp3) is 0.471. The molecule has 7 nitrogen and oxygen atoms in total. The molecule has 2 aromatic rings. The third-order valence-electron chi connectivity index (χ3n) is 4.82. The van der Waals surface area contributed by atoms with Crippen molar-refractivity contribution in [1.29, 1.82) is 0 Å². The molecule has 2 aromatic heterocycles. The lowest BCUT2D eigenvalue weighted by molar-refractivity contribution is 0.149. The van der Waals surface area contributed by atoms with E-state index < -0.39 is 0 Å². The van der Waals surface area contributed by atoms with Crippen LogP contribution in [0.2, 0.25) is 0 Å². The van der Waals surface area contributed by atoms with Gasteiger partial charge >= 0.3 is 6.03 Å². The second-order valence-corrected chi connectivity index (χ2v) is 6.51. The smallest absolute Gasteiger partial charge is 0.322 e. The molecule has 2 amide bonds. The number of aromatic nitrogens is 3. The van der Waals surface area contributed by atoms with E-state index in [2.05, 4.69) is 21.8 Å². The molecule has 0 aliphatic carbocycles. The summed E-state index contributed by atoms with van der Waals surface area (Å²) in [7, 11) is 1.68. The number of carbonyl (C=O) groups excluding carboxylic acids is 1. The lowest BCUT2D eigenvalue weighted by Crippen LogP contribution is -2.46. The van der Waals surface area contributed by atoms with Crippen LogP contribution in [0.25, 0.3) is 0 Å². The molecule has 3 heterocycles. The van der Waals surface area contributed by atoms with Crippen molar-refractivity contribution in [2.75, 3.05) is 18.4 Å². The second-order valence-electron chi connectivity index (χ2n) is 6.51. The number of likely N-dealkylation sites (tertiary alicyclic amines) is 1. The van der Waals surface area contributed by atoms with Crippen molar-refractivity contribution in [2.45, 2.75) is 26.3 Å². The number of aryl methyl sites for hydroxylation is 2. The third-order valence-corrected chi connectivity index (χ3v) is 4.82. The topological polar surface area (TPSA) is 72.2 Å². The Morgan fingerprint density at radius 2 is 2.17 bits per heavy atom. The highest BCUT2D eigenvalue weighted by Gasteiger charge is 2.30. The normalized spacial score (nSPS) is 20.9. The number of nitrogens with zero attached hydrogens (tertiary/aromatic N) is 4. The van der Waals surface area contributed by atoms with Crippen molar-refractivity contribution in [3.63, 3.8) is 0 Å². The molecule has 24 heavy (non-hydrogen) atoms. The van der Waals surface area contributed by atoms with Crippen LogP contribution in [0.4, 0.5) is 10.5 Å². The molecule has 0 aromatic carbocycles. The zero-order chi connectivity index (χ0) is 17.3. The Morgan fingerprint density at radius 3 is 2.88 bits per heavy atom. The molecule has 2 atom stereocenters. The molecule has 0 unspecified atom stereocenters. The Kier molecular flexibility index (Phi) is 4.42. The van der Waals surface area contributed by atoms with Crippen LogP contribution in [0.1, 0.15) is 24.9 Å². The molecule has 3 rings (SSSR count). The van der Waals surface area contributed by atoms with Crippen LogP contribution in [-0.4, -0.2) is 38.1 Å². The number of pyridine rings is 1. The molecule has 0 bridgehead atoms. The standard InChI is InChI=1S/C17H23N5O2/c1-12-5-8-21(10-14(12)22-9-6-18-11-22)17(24)19-15-13(2)4-7-20(3)16(15)23/h4,6-7,9,11-12,14H,5,8,10H2,1-3H3,(H,19,24)/t12-,14-/m1/s1. The molecular weight excluding hydrogens is 306 g/mol. The molecule has 0 spiro atoms. The third kappa shape index (κ3) is 3.06. The zero-order valence-electron chi connectivity index (χ0n) is 14.3. The lowest BCUT2D eigenvalue weighted by Gasteiger charge is -2.37. The maximum Gasteiger partial charge on any atom is 0.322 e. The van der Waals surface area contributed by atoms with Gasteiger partial charge in [0.15, 0.2) is 0 Å². The molecule has 0 saturated carbocycles. The first-order valence-electron chi connectivity index (χ1n) is 8.17. The number of anilines is 1. The molecule has 1 aliphatic heterocycles. The van der Waals surface area contributed by atoms with E-state index in [1.165, 1.54) is 4.57 Å². The summed E-state index contributed by atoms with van der Waals surface area (Å²) in [6, 6.07) is 1.80. The number of carbonyl (C=O) groups is 1. The summed E-state index contributed by atoms with van der Waals surface area (Å²) in [6.07, 6.45) is 8.09. The van der Waals surface area contributed by atoms with E-state index in [9.17, 15) is 9.59 Å². The van der Waals surface area contributed by atoms with Crippen LogP contribution >= 0.6 is 0 Å². The molecular formula is C17H23N5O2. The molecule has 1 aliphatic rings. The van der Waals surface area contributed by atoms with Gasteiger partial charge in [-0.1, -0.05) is 6.92 Å². The first-order valence-corrected chi connectivity index (χ1v) is 8.17. The summed E-state index contributed by atoms with van der Waals surface area (Å²) in [5.74, 6) is 0.467. The predicted octanol–water partition coefficient (Wildman–Crippen LogP) is 2.01. The van der Waals surface area contributed by atoms with E-state index in [1.807, 2.05) is 19.2 Å². The number of hydrogen-bond donors (Lipinski definition) is 1. The quantitative estimate of drug-likeness (QED) is 0.916. The summed E-state index contributed by atoms with van der Waals surface area (Å²) in [6.45, 7) is 5.31. The van der Waals surface area contributed by atoms with Crippen molar-refractivity contribution in [3.8, 4) is 0 Å². The van der Waals surface area contributed by atoms with E-state index >= 15 is 0 Å². The number of urea groups is 1. The van der Waals surface area contributed by atoms with Gasteiger partial charge in [-0.05, 0) is 30.9 Å². The maximum atomic E-state index is 12.6. The summed E-state index contributed by atoms with van der Waals surface area (Å²) >= 11 is 0. The number of nitrogens with one attached hydrogen (secondary N) is 1. The van der Waals surface area contributed by atoms with Gasteiger partial charge in [0, 0.05) is 38.7 Å². The molecule has 7 heteroatoms. The highest BCUT2D eigenvalue weighted by Crippen LogP contribution is 2.27. The van der Waals surface area contributed by atoms with Crippen molar-refractivity contribution in [1.82, 2.24) is 19.0 Å². The zero-order valence-corrected chi connectivity index (χ0v) is 14.3. The first-order chi connectivity index (χ1) is 11.5. The molecule has 128 valence electrons. The Hall–Kier alpha value is -2.57. The average Bonchev–Trinajstić information content (AvgIpc) is 3.09. The van der Waals surface area contributed by atoms with Gasteiger partial charge in [0.05, 0.1) is 12.4 Å². The van der Waals surface area contributed by atoms with Gasteiger partial charge in [0.25, 0.3) is 5.56 Å². The number of piperidine rings is 1. The van der Waals surface area contributed by atoms with Crippen molar-refractivity contribution in [2.24, 2.45) is 13.0 Å². The van der Waals surface area contributed by atoms with Crippen molar-refractivity contribution in [3.05, 3.63) is 46.9 Å². The molecule has 1 fully saturated rings. The van der Waals surface area contributed by atoms with Crippen LogP contribution in [0.5, 0.6) is 0 Å². The Labute approximate surface area is 140 Å². The highest BCUT2D eigenvalue weighted by molar-refractivity contribution is 5.90. The summed E-state index contributed by atoms with van der Waals surface area (Å²) in [5.41, 5.74) is 0.922. The number of amides is 2.